The van der Waals surface area contributed by atoms with Crippen LogP contribution >= 0.6 is 0 Å². The van der Waals surface area contributed by atoms with Crippen LogP contribution in [-0.4, -0.2) is 61.6 Å². The van der Waals surface area contributed by atoms with Crippen molar-refractivity contribution in [2.45, 2.75) is 25.4 Å². The molecule has 0 radical (unpaired) electrons. The zero-order valence-electron chi connectivity index (χ0n) is 13.8. The van der Waals surface area contributed by atoms with Gasteiger partial charge in [0.15, 0.2) is 0 Å². The Kier molecular flexibility index (Phi) is 4.24. The van der Waals surface area contributed by atoms with Crippen LogP contribution in [0.25, 0.3) is 0 Å². The Morgan fingerprint density at radius 1 is 1.41 bits per heavy atom. The lowest BCUT2D eigenvalue weighted by Gasteiger charge is -2.53. The lowest BCUT2D eigenvalue weighted by molar-refractivity contribution is -0.168. The van der Waals surface area contributed by atoms with Gasteiger partial charge in [-0.1, -0.05) is 17.7 Å². The SMILES string of the molecule is Cc1cccc(C(=O)N2CC3(CCC(CN(C)C)CO3)C2)c1. The number of hydrogen-bond donors (Lipinski definition) is 0. The van der Waals surface area contributed by atoms with E-state index in [0.717, 1.165) is 43.8 Å². The molecule has 1 atom stereocenters. The molecule has 120 valence electrons. The molecule has 1 spiro atoms. The highest BCUT2D eigenvalue weighted by molar-refractivity contribution is 5.95. The van der Waals surface area contributed by atoms with Crippen molar-refractivity contribution in [3.05, 3.63) is 35.4 Å². The first kappa shape index (κ1) is 15.5. The minimum Gasteiger partial charge on any atom is -0.371 e. The first-order valence-electron chi connectivity index (χ1n) is 8.12. The fourth-order valence-corrected chi connectivity index (χ4v) is 3.58. The summed E-state index contributed by atoms with van der Waals surface area (Å²) in [6, 6.07) is 7.82. The Balaban J connectivity index is 1.53. The molecule has 0 aliphatic carbocycles. The topological polar surface area (TPSA) is 32.8 Å². The van der Waals surface area contributed by atoms with E-state index in [1.54, 1.807) is 0 Å². The summed E-state index contributed by atoms with van der Waals surface area (Å²) in [4.78, 5) is 16.6. The van der Waals surface area contributed by atoms with Gasteiger partial charge in [-0.15, -0.1) is 0 Å². The van der Waals surface area contributed by atoms with Crippen LogP contribution < -0.4 is 0 Å². The van der Waals surface area contributed by atoms with E-state index in [2.05, 4.69) is 19.0 Å². The molecule has 1 aromatic carbocycles. The van der Waals surface area contributed by atoms with Crippen molar-refractivity contribution in [3.8, 4) is 0 Å². The maximum Gasteiger partial charge on any atom is 0.254 e. The van der Waals surface area contributed by atoms with Crippen LogP contribution in [0.5, 0.6) is 0 Å². The number of likely N-dealkylation sites (tertiary alicyclic amines) is 1. The third-order valence-corrected chi connectivity index (χ3v) is 4.77. The predicted octanol–water partition coefficient (Wildman–Crippen LogP) is 2.18. The van der Waals surface area contributed by atoms with Crippen LogP contribution in [-0.2, 0) is 4.74 Å². The Labute approximate surface area is 133 Å². The lowest BCUT2D eigenvalue weighted by Crippen LogP contribution is -2.66. The molecule has 2 saturated heterocycles. The highest BCUT2D eigenvalue weighted by Gasteiger charge is 2.48. The number of ether oxygens (including phenoxy) is 1. The number of nitrogens with zero attached hydrogens (tertiary/aromatic N) is 2. The molecule has 2 heterocycles. The number of carbonyl (C=O) groups excluding carboxylic acids is 1. The van der Waals surface area contributed by atoms with Crippen LogP contribution in [0.4, 0.5) is 0 Å². The van der Waals surface area contributed by atoms with Gasteiger partial charge in [-0.2, -0.15) is 0 Å². The summed E-state index contributed by atoms with van der Waals surface area (Å²) in [6.45, 7) is 5.42. The van der Waals surface area contributed by atoms with Gasteiger partial charge in [0, 0.05) is 12.1 Å². The summed E-state index contributed by atoms with van der Waals surface area (Å²) in [5.41, 5.74) is 1.85. The van der Waals surface area contributed by atoms with Crippen LogP contribution in [0.1, 0.15) is 28.8 Å². The monoisotopic (exact) mass is 302 g/mol. The van der Waals surface area contributed by atoms with E-state index < -0.39 is 0 Å². The van der Waals surface area contributed by atoms with Crippen LogP contribution in [0.3, 0.4) is 0 Å². The van der Waals surface area contributed by atoms with Gasteiger partial charge in [0.1, 0.15) is 5.60 Å². The highest BCUT2D eigenvalue weighted by Crippen LogP contribution is 2.36. The number of hydrogen-bond acceptors (Lipinski definition) is 3. The van der Waals surface area contributed by atoms with Crippen molar-refractivity contribution in [2.75, 3.05) is 40.3 Å². The molecule has 4 heteroatoms. The molecular formula is C18H26N2O2. The van der Waals surface area contributed by atoms with E-state index in [9.17, 15) is 4.79 Å². The first-order valence-corrected chi connectivity index (χ1v) is 8.12. The third kappa shape index (κ3) is 3.18. The third-order valence-electron chi connectivity index (χ3n) is 4.77. The molecule has 0 aromatic heterocycles. The lowest BCUT2D eigenvalue weighted by atomic mass is 9.82. The molecule has 0 N–H and O–H groups in total. The van der Waals surface area contributed by atoms with Crippen molar-refractivity contribution < 1.29 is 9.53 Å². The number of benzene rings is 1. The van der Waals surface area contributed by atoms with Gasteiger partial charge in [-0.25, -0.2) is 0 Å². The van der Waals surface area contributed by atoms with Crippen LogP contribution in [0.15, 0.2) is 24.3 Å². The van der Waals surface area contributed by atoms with Gasteiger partial charge in [0.25, 0.3) is 5.91 Å². The minimum atomic E-state index is -0.0672. The molecule has 0 bridgehead atoms. The van der Waals surface area contributed by atoms with Gasteiger partial charge in [0.2, 0.25) is 0 Å². The number of carbonyl (C=O) groups is 1. The fourth-order valence-electron chi connectivity index (χ4n) is 3.58. The summed E-state index contributed by atoms with van der Waals surface area (Å²) in [5, 5.41) is 0. The molecule has 2 fully saturated rings. The van der Waals surface area contributed by atoms with Crippen molar-refractivity contribution in [1.29, 1.82) is 0 Å². The van der Waals surface area contributed by atoms with Gasteiger partial charge in [-0.05, 0) is 51.9 Å². The summed E-state index contributed by atoms with van der Waals surface area (Å²) < 4.78 is 6.13. The van der Waals surface area contributed by atoms with E-state index >= 15 is 0 Å². The van der Waals surface area contributed by atoms with E-state index in [4.69, 9.17) is 4.74 Å². The van der Waals surface area contributed by atoms with Crippen LogP contribution in [0.2, 0.25) is 0 Å². The molecule has 2 aliphatic rings. The Morgan fingerprint density at radius 3 is 2.77 bits per heavy atom. The molecule has 1 aromatic rings. The van der Waals surface area contributed by atoms with E-state index in [1.807, 2.05) is 36.1 Å². The van der Waals surface area contributed by atoms with Crippen molar-refractivity contribution in [3.63, 3.8) is 0 Å². The normalized spacial score (nSPS) is 23.6. The van der Waals surface area contributed by atoms with Gasteiger partial charge < -0.3 is 14.5 Å². The second kappa shape index (κ2) is 6.01. The molecule has 1 amide bonds. The Bertz CT molecular complexity index is 540. The minimum absolute atomic E-state index is 0.0672. The highest BCUT2D eigenvalue weighted by atomic mass is 16.5. The van der Waals surface area contributed by atoms with Crippen LogP contribution in [0, 0.1) is 12.8 Å². The first-order chi connectivity index (χ1) is 10.5. The quantitative estimate of drug-likeness (QED) is 0.858. The summed E-state index contributed by atoms with van der Waals surface area (Å²) in [6.07, 6.45) is 2.27. The molecule has 3 rings (SSSR count). The molecule has 4 nitrogen and oxygen atoms in total. The van der Waals surface area contributed by atoms with Gasteiger partial charge in [0.05, 0.1) is 19.7 Å². The average Bonchev–Trinajstić information content (AvgIpc) is 2.44. The van der Waals surface area contributed by atoms with Gasteiger partial charge in [-0.3, -0.25) is 4.79 Å². The molecule has 22 heavy (non-hydrogen) atoms. The summed E-state index contributed by atoms with van der Waals surface area (Å²) >= 11 is 0. The molecule has 1 unspecified atom stereocenters. The zero-order chi connectivity index (χ0) is 15.7. The number of rotatable bonds is 3. The Hall–Kier alpha value is -1.39. The van der Waals surface area contributed by atoms with E-state index in [0.29, 0.717) is 5.92 Å². The standard InChI is InChI=1S/C18H26N2O2/c1-14-5-4-6-16(9-14)17(21)20-12-18(13-20)8-7-15(11-22-18)10-19(2)3/h4-6,9,15H,7-8,10-13H2,1-3H3. The van der Waals surface area contributed by atoms with Crippen molar-refractivity contribution in [1.82, 2.24) is 9.80 Å². The van der Waals surface area contributed by atoms with Gasteiger partial charge >= 0.3 is 0 Å². The smallest absolute Gasteiger partial charge is 0.254 e. The second-order valence-corrected chi connectivity index (χ2v) is 7.19. The van der Waals surface area contributed by atoms with E-state index in [-0.39, 0.29) is 11.5 Å². The summed E-state index contributed by atoms with van der Waals surface area (Å²) in [7, 11) is 4.21. The fraction of sp³-hybridized carbons (Fsp3) is 0.611. The predicted molar refractivity (Wildman–Crippen MR) is 87.0 cm³/mol. The molecule has 0 saturated carbocycles. The average molecular weight is 302 g/mol. The Morgan fingerprint density at radius 2 is 2.18 bits per heavy atom. The maximum atomic E-state index is 12.5. The molecule has 2 aliphatic heterocycles. The molecular weight excluding hydrogens is 276 g/mol. The largest absolute Gasteiger partial charge is 0.371 e. The van der Waals surface area contributed by atoms with E-state index in [1.165, 1.54) is 6.42 Å². The number of aryl methyl sites for hydroxylation is 1. The zero-order valence-corrected chi connectivity index (χ0v) is 13.8. The van der Waals surface area contributed by atoms with Crippen molar-refractivity contribution >= 4 is 5.91 Å². The maximum absolute atomic E-state index is 12.5. The van der Waals surface area contributed by atoms with Crippen molar-refractivity contribution in [2.24, 2.45) is 5.92 Å². The second-order valence-electron chi connectivity index (χ2n) is 7.19. The summed E-state index contributed by atoms with van der Waals surface area (Å²) in [5.74, 6) is 0.760. The number of amides is 1.